The van der Waals surface area contributed by atoms with Crippen LogP contribution in [0, 0.1) is 34.0 Å². The molecular weight excluding hydrogens is 284 g/mol. The lowest BCUT2D eigenvalue weighted by Gasteiger charge is -2.34. The van der Waals surface area contributed by atoms with E-state index in [2.05, 4.69) is 12.1 Å². The molecule has 110 valence electrons. The Labute approximate surface area is 125 Å². The van der Waals surface area contributed by atoms with Crippen molar-refractivity contribution in [3.8, 4) is 12.1 Å². The number of hydrogen-bond acceptors (Lipinski definition) is 5. The van der Waals surface area contributed by atoms with Crippen LogP contribution in [-0.2, 0) is 14.0 Å². The van der Waals surface area contributed by atoms with Gasteiger partial charge in [-0.05, 0) is 38.6 Å². The van der Waals surface area contributed by atoms with Gasteiger partial charge in [0.1, 0.15) is 16.8 Å². The summed E-state index contributed by atoms with van der Waals surface area (Å²) in [4.78, 5) is 12.9. The maximum Gasteiger partial charge on any atom is 0.242 e. The van der Waals surface area contributed by atoms with Crippen LogP contribution in [0.1, 0.15) is 19.3 Å². The fraction of sp³-hybridized carbons (Fsp3) is 0.667. The van der Waals surface area contributed by atoms with E-state index in [1.165, 1.54) is 0 Å². The van der Waals surface area contributed by atoms with Gasteiger partial charge >= 0.3 is 0 Å². The van der Waals surface area contributed by atoms with Crippen molar-refractivity contribution in [1.29, 1.82) is 10.5 Å². The van der Waals surface area contributed by atoms with Crippen LogP contribution in [0.5, 0.6) is 0 Å². The summed E-state index contributed by atoms with van der Waals surface area (Å²) in [7, 11) is -1.89. The summed E-state index contributed by atoms with van der Waals surface area (Å²) in [6.07, 6.45) is 2.92. The molecule has 0 aromatic carbocycles. The van der Waals surface area contributed by atoms with Crippen molar-refractivity contribution in [2.24, 2.45) is 11.3 Å². The fourth-order valence-electron chi connectivity index (χ4n) is 3.74. The molecule has 0 unspecified atom stereocenters. The number of nitriles is 2. The van der Waals surface area contributed by atoms with Crippen molar-refractivity contribution in [2.75, 3.05) is 0 Å². The van der Waals surface area contributed by atoms with Crippen molar-refractivity contribution >= 4 is 14.1 Å². The summed E-state index contributed by atoms with van der Waals surface area (Å²) >= 11 is 0. The third-order valence-electron chi connectivity index (χ3n) is 4.49. The summed E-state index contributed by atoms with van der Waals surface area (Å²) in [5, 5.41) is 18.7. The highest BCUT2D eigenvalue weighted by atomic mass is 28.4. The SMILES string of the molecule is C[Si](C)(C)OC1=C[C@@H]2C[C@H]3CC(C#N)(C#N)C[C@]3(O2)C1=O. The zero-order valence-corrected chi connectivity index (χ0v) is 13.5. The first-order valence-electron chi connectivity index (χ1n) is 7.20. The molecule has 3 rings (SSSR count). The average Bonchev–Trinajstić information content (AvgIpc) is 2.83. The maximum absolute atomic E-state index is 12.9. The number of carbonyl (C=O) groups excluding carboxylic acids is 1. The van der Waals surface area contributed by atoms with Gasteiger partial charge in [0.05, 0.1) is 18.2 Å². The second kappa shape index (κ2) is 4.19. The molecule has 3 atom stereocenters. The highest BCUT2D eigenvalue weighted by Gasteiger charge is 2.66. The molecule has 0 amide bonds. The summed E-state index contributed by atoms with van der Waals surface area (Å²) in [6, 6.07) is 4.18. The summed E-state index contributed by atoms with van der Waals surface area (Å²) in [5.74, 6) is 0.156. The van der Waals surface area contributed by atoms with E-state index in [4.69, 9.17) is 9.16 Å². The van der Waals surface area contributed by atoms with Gasteiger partial charge in [0.15, 0.2) is 0 Å². The van der Waals surface area contributed by atoms with Crippen LogP contribution in [0.15, 0.2) is 11.8 Å². The van der Waals surface area contributed by atoms with E-state index in [0.29, 0.717) is 18.6 Å². The standard InChI is InChI=1S/C15H18N2O3Si/c1-21(2,3)20-12-5-11-4-10-6-14(8-16,9-17)7-15(10,19-11)13(12)18/h5,10-11H,4,6-7H2,1-3H3/t10-,11-,15+/m0/s1. The smallest absolute Gasteiger partial charge is 0.242 e. The zero-order valence-electron chi connectivity index (χ0n) is 12.5. The predicted molar refractivity (Wildman–Crippen MR) is 76.1 cm³/mol. The molecule has 5 nitrogen and oxygen atoms in total. The zero-order chi connectivity index (χ0) is 15.5. The van der Waals surface area contributed by atoms with Gasteiger partial charge < -0.3 is 9.16 Å². The molecule has 6 heteroatoms. The van der Waals surface area contributed by atoms with E-state index in [0.717, 1.165) is 0 Å². The first kappa shape index (κ1) is 14.3. The summed E-state index contributed by atoms with van der Waals surface area (Å²) in [6.45, 7) is 6.07. The van der Waals surface area contributed by atoms with Crippen molar-refractivity contribution in [3.05, 3.63) is 11.8 Å². The first-order chi connectivity index (χ1) is 9.73. The molecule has 2 aliphatic heterocycles. The molecule has 1 spiro atoms. The highest BCUT2D eigenvalue weighted by molar-refractivity contribution is 6.70. The monoisotopic (exact) mass is 302 g/mol. The molecule has 2 bridgehead atoms. The van der Waals surface area contributed by atoms with Crippen molar-refractivity contribution in [1.82, 2.24) is 0 Å². The number of ether oxygens (including phenoxy) is 1. The number of fused-ring (bicyclic) bond motifs is 1. The molecule has 0 N–H and O–H groups in total. The van der Waals surface area contributed by atoms with Crippen LogP contribution in [0.3, 0.4) is 0 Å². The Balaban J connectivity index is 1.96. The largest absolute Gasteiger partial charge is 0.542 e. The average molecular weight is 302 g/mol. The molecule has 21 heavy (non-hydrogen) atoms. The molecule has 1 aliphatic carbocycles. The molecule has 1 saturated heterocycles. The molecule has 0 aromatic heterocycles. The summed E-state index contributed by atoms with van der Waals surface area (Å²) < 4.78 is 11.8. The van der Waals surface area contributed by atoms with Gasteiger partial charge in [0.25, 0.3) is 0 Å². The van der Waals surface area contributed by atoms with Crippen LogP contribution in [-0.4, -0.2) is 25.8 Å². The Morgan fingerprint density at radius 1 is 1.38 bits per heavy atom. The first-order valence-corrected chi connectivity index (χ1v) is 10.6. The maximum atomic E-state index is 12.9. The number of carbonyl (C=O) groups is 1. The number of rotatable bonds is 2. The third kappa shape index (κ3) is 2.02. The van der Waals surface area contributed by atoms with Crippen LogP contribution < -0.4 is 0 Å². The molecule has 0 aromatic rings. The molecule has 2 heterocycles. The molecule has 1 saturated carbocycles. The van der Waals surface area contributed by atoms with Crippen LogP contribution in [0.4, 0.5) is 0 Å². The minimum atomic E-state index is -1.89. The van der Waals surface area contributed by atoms with E-state index in [1.54, 1.807) is 6.08 Å². The van der Waals surface area contributed by atoms with Gasteiger partial charge in [-0.1, -0.05) is 0 Å². The van der Waals surface area contributed by atoms with E-state index < -0.39 is 19.3 Å². The molecule has 0 radical (unpaired) electrons. The molecule has 2 fully saturated rings. The Morgan fingerprint density at radius 3 is 2.62 bits per heavy atom. The number of hydrogen-bond donors (Lipinski definition) is 0. The van der Waals surface area contributed by atoms with Gasteiger partial charge in [-0.2, -0.15) is 10.5 Å². The number of ketones is 1. The Kier molecular flexibility index (Phi) is 2.85. The fourth-order valence-corrected chi connectivity index (χ4v) is 4.56. The quantitative estimate of drug-likeness (QED) is 0.731. The second-order valence-corrected chi connectivity index (χ2v) is 11.7. The van der Waals surface area contributed by atoms with E-state index >= 15 is 0 Å². The van der Waals surface area contributed by atoms with Crippen LogP contribution in [0.2, 0.25) is 19.6 Å². The minimum absolute atomic E-state index is 0.0618. The van der Waals surface area contributed by atoms with Gasteiger partial charge in [-0.3, -0.25) is 4.79 Å². The Morgan fingerprint density at radius 2 is 2.05 bits per heavy atom. The van der Waals surface area contributed by atoms with Gasteiger partial charge in [-0.25, -0.2) is 0 Å². The van der Waals surface area contributed by atoms with Crippen molar-refractivity contribution in [3.63, 3.8) is 0 Å². The number of Topliss-reactive ketones (excluding diaryl/α,β-unsaturated/α-hetero) is 1. The highest BCUT2D eigenvalue weighted by Crippen LogP contribution is 2.58. The lowest BCUT2D eigenvalue weighted by atomic mass is 9.85. The molecule has 3 aliphatic rings. The van der Waals surface area contributed by atoms with Gasteiger partial charge in [-0.15, -0.1) is 0 Å². The lowest BCUT2D eigenvalue weighted by molar-refractivity contribution is -0.145. The van der Waals surface area contributed by atoms with Crippen molar-refractivity contribution in [2.45, 2.75) is 50.6 Å². The summed E-state index contributed by atoms with van der Waals surface area (Å²) in [5.41, 5.74) is -2.12. The predicted octanol–water partition coefficient (Wildman–Crippen LogP) is 2.28. The number of nitrogens with zero attached hydrogens (tertiary/aromatic N) is 2. The topological polar surface area (TPSA) is 83.1 Å². The van der Waals surface area contributed by atoms with E-state index in [-0.39, 0.29) is 24.2 Å². The van der Waals surface area contributed by atoms with Crippen LogP contribution >= 0.6 is 0 Å². The minimum Gasteiger partial charge on any atom is -0.542 e. The Bertz CT molecular complexity index is 608. The van der Waals surface area contributed by atoms with Gasteiger partial charge in [0, 0.05) is 12.3 Å². The van der Waals surface area contributed by atoms with Crippen molar-refractivity contribution < 1.29 is 14.0 Å². The van der Waals surface area contributed by atoms with Gasteiger partial charge in [0.2, 0.25) is 14.1 Å². The third-order valence-corrected chi connectivity index (χ3v) is 5.32. The van der Waals surface area contributed by atoms with E-state index in [9.17, 15) is 15.3 Å². The second-order valence-electron chi connectivity index (χ2n) is 7.24. The molecular formula is C15H18N2O3Si. The normalized spacial score (nSPS) is 36.4. The lowest BCUT2D eigenvalue weighted by Crippen LogP contribution is -2.46. The van der Waals surface area contributed by atoms with E-state index in [1.807, 2.05) is 19.6 Å². The Hall–Kier alpha value is -1.63. The van der Waals surface area contributed by atoms with Crippen LogP contribution in [0.25, 0.3) is 0 Å².